The van der Waals surface area contributed by atoms with Gasteiger partial charge < -0.3 is 4.74 Å². The Morgan fingerprint density at radius 2 is 1.18 bits per heavy atom. The SMILES string of the molecule is CCCCC1(CCCC)c2ccccc2Oc2ccccc21. The van der Waals surface area contributed by atoms with E-state index < -0.39 is 0 Å². The van der Waals surface area contributed by atoms with Gasteiger partial charge in [0.15, 0.2) is 0 Å². The van der Waals surface area contributed by atoms with E-state index in [1.807, 2.05) is 0 Å². The molecule has 0 saturated heterocycles. The molecule has 22 heavy (non-hydrogen) atoms. The van der Waals surface area contributed by atoms with E-state index in [1.165, 1.54) is 49.7 Å². The van der Waals surface area contributed by atoms with Crippen LogP contribution in [-0.4, -0.2) is 0 Å². The molecule has 0 bridgehead atoms. The van der Waals surface area contributed by atoms with Gasteiger partial charge in [-0.05, 0) is 25.0 Å². The lowest BCUT2D eigenvalue weighted by atomic mass is 9.66. The van der Waals surface area contributed by atoms with Crippen LogP contribution in [0.15, 0.2) is 48.5 Å². The molecule has 0 unspecified atom stereocenters. The molecule has 1 aliphatic heterocycles. The zero-order valence-electron chi connectivity index (χ0n) is 13.8. The van der Waals surface area contributed by atoms with E-state index >= 15 is 0 Å². The van der Waals surface area contributed by atoms with Gasteiger partial charge in [-0.1, -0.05) is 75.9 Å². The molecule has 1 nitrogen and oxygen atoms in total. The van der Waals surface area contributed by atoms with E-state index in [1.54, 1.807) is 0 Å². The zero-order chi connectivity index (χ0) is 15.4. The van der Waals surface area contributed by atoms with Crippen LogP contribution in [0.25, 0.3) is 0 Å². The highest BCUT2D eigenvalue weighted by molar-refractivity contribution is 5.57. The Morgan fingerprint density at radius 3 is 1.64 bits per heavy atom. The average Bonchev–Trinajstić information content (AvgIpc) is 2.57. The normalized spacial score (nSPS) is 14.8. The zero-order valence-corrected chi connectivity index (χ0v) is 13.8. The molecule has 0 saturated carbocycles. The number of para-hydroxylation sites is 2. The number of fused-ring (bicyclic) bond motifs is 2. The average molecular weight is 294 g/mol. The summed E-state index contributed by atoms with van der Waals surface area (Å²) in [7, 11) is 0. The molecule has 0 radical (unpaired) electrons. The number of ether oxygens (including phenoxy) is 1. The smallest absolute Gasteiger partial charge is 0.131 e. The van der Waals surface area contributed by atoms with Crippen molar-refractivity contribution in [2.45, 2.75) is 57.8 Å². The van der Waals surface area contributed by atoms with Gasteiger partial charge >= 0.3 is 0 Å². The Balaban J connectivity index is 2.16. The molecule has 1 heteroatoms. The lowest BCUT2D eigenvalue weighted by Gasteiger charge is -2.40. The van der Waals surface area contributed by atoms with E-state index in [9.17, 15) is 0 Å². The van der Waals surface area contributed by atoms with Gasteiger partial charge in [-0.25, -0.2) is 0 Å². The molecule has 0 fully saturated rings. The molecule has 0 aliphatic carbocycles. The van der Waals surface area contributed by atoms with Crippen molar-refractivity contribution >= 4 is 0 Å². The maximum atomic E-state index is 6.19. The Labute approximate surface area is 134 Å². The molecular weight excluding hydrogens is 268 g/mol. The second-order valence-corrected chi connectivity index (χ2v) is 6.38. The molecule has 0 amide bonds. The molecule has 2 aromatic rings. The van der Waals surface area contributed by atoms with Gasteiger partial charge in [0, 0.05) is 16.5 Å². The summed E-state index contributed by atoms with van der Waals surface area (Å²) in [6.07, 6.45) is 7.40. The van der Waals surface area contributed by atoms with Crippen molar-refractivity contribution in [2.75, 3.05) is 0 Å². The summed E-state index contributed by atoms with van der Waals surface area (Å²) < 4.78 is 6.19. The third-order valence-electron chi connectivity index (χ3n) is 4.94. The van der Waals surface area contributed by atoms with Gasteiger partial charge in [-0.2, -0.15) is 0 Å². The summed E-state index contributed by atoms with van der Waals surface area (Å²) in [4.78, 5) is 0. The molecule has 3 rings (SSSR count). The number of hydrogen-bond donors (Lipinski definition) is 0. The summed E-state index contributed by atoms with van der Waals surface area (Å²) in [5.74, 6) is 2.10. The number of unbranched alkanes of at least 4 members (excludes halogenated alkanes) is 2. The van der Waals surface area contributed by atoms with Crippen molar-refractivity contribution in [3.8, 4) is 11.5 Å². The van der Waals surface area contributed by atoms with Crippen molar-refractivity contribution in [1.29, 1.82) is 0 Å². The van der Waals surface area contributed by atoms with Gasteiger partial charge in [0.1, 0.15) is 11.5 Å². The van der Waals surface area contributed by atoms with E-state index in [0.29, 0.717) is 0 Å². The predicted octanol–water partition coefficient (Wildman–Crippen LogP) is 6.46. The van der Waals surface area contributed by atoms with Crippen LogP contribution in [0.4, 0.5) is 0 Å². The molecule has 0 atom stereocenters. The van der Waals surface area contributed by atoms with Crippen LogP contribution >= 0.6 is 0 Å². The predicted molar refractivity (Wildman–Crippen MR) is 92.8 cm³/mol. The highest BCUT2D eigenvalue weighted by atomic mass is 16.5. The highest BCUT2D eigenvalue weighted by Crippen LogP contribution is 2.52. The maximum absolute atomic E-state index is 6.19. The number of benzene rings is 2. The summed E-state index contributed by atoms with van der Waals surface area (Å²) in [5, 5.41) is 0. The van der Waals surface area contributed by atoms with Crippen LogP contribution in [0.3, 0.4) is 0 Å². The summed E-state index contributed by atoms with van der Waals surface area (Å²) in [6, 6.07) is 17.3. The van der Waals surface area contributed by atoms with Gasteiger partial charge in [0.25, 0.3) is 0 Å². The van der Waals surface area contributed by atoms with Crippen molar-refractivity contribution in [2.24, 2.45) is 0 Å². The second kappa shape index (κ2) is 6.56. The quantitative estimate of drug-likeness (QED) is 0.594. The topological polar surface area (TPSA) is 9.23 Å². The molecule has 116 valence electrons. The van der Waals surface area contributed by atoms with Crippen LogP contribution in [0.1, 0.15) is 63.5 Å². The van der Waals surface area contributed by atoms with Crippen molar-refractivity contribution in [3.63, 3.8) is 0 Å². The van der Waals surface area contributed by atoms with Gasteiger partial charge in [0.2, 0.25) is 0 Å². The van der Waals surface area contributed by atoms with Crippen LogP contribution in [0, 0.1) is 0 Å². The summed E-state index contributed by atoms with van der Waals surface area (Å²) >= 11 is 0. The van der Waals surface area contributed by atoms with Crippen LogP contribution in [-0.2, 0) is 5.41 Å². The Kier molecular flexibility index (Phi) is 4.52. The fraction of sp³-hybridized carbons (Fsp3) is 0.429. The van der Waals surface area contributed by atoms with Crippen LogP contribution in [0.5, 0.6) is 11.5 Å². The first kappa shape index (κ1) is 15.1. The highest BCUT2D eigenvalue weighted by Gasteiger charge is 2.40. The fourth-order valence-electron chi connectivity index (χ4n) is 3.79. The van der Waals surface area contributed by atoms with Crippen LogP contribution < -0.4 is 4.74 Å². The van der Waals surface area contributed by atoms with Gasteiger partial charge in [-0.15, -0.1) is 0 Å². The van der Waals surface area contributed by atoms with Crippen molar-refractivity contribution in [3.05, 3.63) is 59.7 Å². The third kappa shape index (κ3) is 2.54. The molecule has 1 heterocycles. The first-order chi connectivity index (χ1) is 10.8. The van der Waals surface area contributed by atoms with Crippen molar-refractivity contribution < 1.29 is 4.74 Å². The first-order valence-electron chi connectivity index (χ1n) is 8.68. The van der Waals surface area contributed by atoms with E-state index in [4.69, 9.17) is 4.74 Å². The minimum absolute atomic E-state index is 0.122. The lowest BCUT2D eigenvalue weighted by molar-refractivity contribution is 0.343. The molecule has 0 aromatic heterocycles. The first-order valence-corrected chi connectivity index (χ1v) is 8.68. The number of hydrogen-bond acceptors (Lipinski definition) is 1. The summed E-state index contributed by atoms with van der Waals surface area (Å²) in [5.41, 5.74) is 2.89. The largest absolute Gasteiger partial charge is 0.457 e. The molecule has 0 spiro atoms. The Hall–Kier alpha value is -1.76. The molecule has 1 aliphatic rings. The van der Waals surface area contributed by atoms with Gasteiger partial charge in [0.05, 0.1) is 0 Å². The van der Waals surface area contributed by atoms with E-state index in [2.05, 4.69) is 62.4 Å². The molecule has 2 aromatic carbocycles. The Morgan fingerprint density at radius 1 is 0.727 bits per heavy atom. The van der Waals surface area contributed by atoms with E-state index in [-0.39, 0.29) is 5.41 Å². The third-order valence-corrected chi connectivity index (χ3v) is 4.94. The number of rotatable bonds is 6. The van der Waals surface area contributed by atoms with Crippen LogP contribution in [0.2, 0.25) is 0 Å². The summed E-state index contributed by atoms with van der Waals surface area (Å²) in [6.45, 7) is 4.56. The Bertz CT molecular complexity index is 574. The lowest BCUT2D eigenvalue weighted by Crippen LogP contribution is -2.31. The molecule has 0 N–H and O–H groups in total. The minimum atomic E-state index is 0.122. The minimum Gasteiger partial charge on any atom is -0.457 e. The van der Waals surface area contributed by atoms with E-state index in [0.717, 1.165) is 11.5 Å². The fourth-order valence-corrected chi connectivity index (χ4v) is 3.79. The molecular formula is C21H26O. The van der Waals surface area contributed by atoms with Crippen molar-refractivity contribution in [1.82, 2.24) is 0 Å². The van der Waals surface area contributed by atoms with Gasteiger partial charge in [-0.3, -0.25) is 0 Å². The second-order valence-electron chi connectivity index (χ2n) is 6.38. The standard InChI is InChI=1S/C21H26O/c1-3-5-15-21(16-6-4-2)17-11-7-9-13-19(17)22-20-14-10-8-12-18(20)21/h7-14H,3-6,15-16H2,1-2H3. The monoisotopic (exact) mass is 294 g/mol. The maximum Gasteiger partial charge on any atom is 0.131 e.